The fourth-order valence-corrected chi connectivity index (χ4v) is 0.773. The molecule has 86 valence electrons. The van der Waals surface area contributed by atoms with Crippen LogP contribution in [-0.4, -0.2) is 20.1 Å². The van der Waals surface area contributed by atoms with Gasteiger partial charge in [-0.25, -0.2) is 0 Å². The molecule has 0 heterocycles. The van der Waals surface area contributed by atoms with E-state index in [2.05, 4.69) is 0 Å². The van der Waals surface area contributed by atoms with Crippen molar-refractivity contribution in [3.63, 3.8) is 0 Å². The molecule has 1 N–H and O–H groups in total. The van der Waals surface area contributed by atoms with Gasteiger partial charge in [-0.05, 0) is 0 Å². The number of rotatable bonds is 2. The normalized spacial score (nSPS) is 8.50. The van der Waals surface area contributed by atoms with Gasteiger partial charge in [0, 0.05) is 12.1 Å². The van der Waals surface area contributed by atoms with Crippen LogP contribution in [0.3, 0.4) is 0 Å². The van der Waals surface area contributed by atoms with Crippen LogP contribution in [0.5, 0.6) is 0 Å². The third-order valence-electron chi connectivity index (χ3n) is 1.28. The van der Waals surface area contributed by atoms with Crippen LogP contribution in [0, 0.1) is 30.3 Å². The minimum Gasteiger partial charge on any atom is -0.328 e. The van der Waals surface area contributed by atoms with Crippen molar-refractivity contribution in [1.29, 1.82) is 0 Å². The number of hydrogen-bond donors (Lipinski definition) is 1. The third kappa shape index (κ3) is 4.45. The lowest BCUT2D eigenvalue weighted by molar-refractivity contribution is -0.742. The van der Waals surface area contributed by atoms with E-state index in [1.54, 1.807) is 0 Å². The largest absolute Gasteiger partial charge is 0.346 e. The molecular formula is C6H5N3O7. The van der Waals surface area contributed by atoms with Crippen LogP contribution >= 0.6 is 0 Å². The molecular weight excluding hydrogens is 226 g/mol. The van der Waals surface area contributed by atoms with Gasteiger partial charge >= 0.3 is 11.4 Å². The van der Waals surface area contributed by atoms with E-state index in [4.69, 9.17) is 15.3 Å². The summed E-state index contributed by atoms with van der Waals surface area (Å²) in [6, 6.07) is 4.95. The standard InChI is InChI=1S/C6H4N2O4.HNO3/c9-7(10)5-3-1-2-4-6(5)8(11)12;2-1(3)4/h1-4H;(H,2,3,4). The predicted molar refractivity (Wildman–Crippen MR) is 48.5 cm³/mol. The maximum absolute atomic E-state index is 10.2. The van der Waals surface area contributed by atoms with Gasteiger partial charge in [0.15, 0.2) is 0 Å². The molecule has 16 heavy (non-hydrogen) atoms. The molecule has 1 rings (SSSR count). The molecule has 0 fully saturated rings. The summed E-state index contributed by atoms with van der Waals surface area (Å²) < 4.78 is 0. The highest BCUT2D eigenvalue weighted by Crippen LogP contribution is 2.24. The van der Waals surface area contributed by atoms with E-state index < -0.39 is 26.3 Å². The second-order valence-electron chi connectivity index (χ2n) is 2.24. The smallest absolute Gasteiger partial charge is 0.328 e. The average Bonchev–Trinajstić information content (AvgIpc) is 2.16. The fourth-order valence-electron chi connectivity index (χ4n) is 0.773. The van der Waals surface area contributed by atoms with Crippen molar-refractivity contribution in [1.82, 2.24) is 0 Å². The summed E-state index contributed by atoms with van der Waals surface area (Å²) in [4.78, 5) is 27.3. The van der Waals surface area contributed by atoms with Gasteiger partial charge in [-0.1, -0.05) is 12.1 Å². The van der Waals surface area contributed by atoms with E-state index in [0.29, 0.717) is 0 Å². The van der Waals surface area contributed by atoms with Crippen molar-refractivity contribution in [3.8, 4) is 0 Å². The van der Waals surface area contributed by atoms with Gasteiger partial charge in [-0.15, -0.1) is 10.1 Å². The molecule has 1 aromatic rings. The monoisotopic (exact) mass is 231 g/mol. The molecule has 10 nitrogen and oxygen atoms in total. The SMILES string of the molecule is O=[N+]([O-])O.O=[N+]([O-])c1ccccc1[N+](=O)[O-]. The van der Waals surface area contributed by atoms with Gasteiger partial charge in [0.25, 0.3) is 5.09 Å². The summed E-state index contributed by atoms with van der Waals surface area (Å²) in [7, 11) is 0. The van der Waals surface area contributed by atoms with E-state index in [1.807, 2.05) is 0 Å². The number of para-hydroxylation sites is 2. The minimum atomic E-state index is -1.50. The quantitative estimate of drug-likeness (QED) is 0.592. The lowest BCUT2D eigenvalue weighted by Crippen LogP contribution is -1.95. The predicted octanol–water partition coefficient (Wildman–Crippen LogP) is 1.16. The van der Waals surface area contributed by atoms with Crippen LogP contribution < -0.4 is 0 Å². The maximum Gasteiger partial charge on any atom is 0.346 e. The van der Waals surface area contributed by atoms with E-state index in [-0.39, 0.29) is 0 Å². The Morgan fingerprint density at radius 1 is 0.875 bits per heavy atom. The first-order valence-electron chi connectivity index (χ1n) is 3.57. The first-order chi connectivity index (χ1) is 7.36. The fraction of sp³-hybridized carbons (Fsp3) is 0. The molecule has 0 bridgehead atoms. The molecule has 0 amide bonds. The van der Waals surface area contributed by atoms with Crippen molar-refractivity contribution in [2.45, 2.75) is 0 Å². The second kappa shape index (κ2) is 5.85. The molecule has 0 atom stereocenters. The lowest BCUT2D eigenvalue weighted by atomic mass is 10.3. The average molecular weight is 231 g/mol. The second-order valence-corrected chi connectivity index (χ2v) is 2.24. The van der Waals surface area contributed by atoms with Crippen molar-refractivity contribution < 1.29 is 20.1 Å². The summed E-state index contributed by atoms with van der Waals surface area (Å²) >= 11 is 0. The zero-order chi connectivity index (χ0) is 12.7. The highest BCUT2D eigenvalue weighted by Gasteiger charge is 2.21. The highest BCUT2D eigenvalue weighted by molar-refractivity contribution is 5.51. The highest BCUT2D eigenvalue weighted by atomic mass is 16.9. The molecule has 0 radical (unpaired) electrons. The van der Waals surface area contributed by atoms with Crippen LogP contribution in [0.1, 0.15) is 0 Å². The Labute approximate surface area is 87.1 Å². The summed E-state index contributed by atoms with van der Waals surface area (Å²) in [5, 5.41) is 34.1. The van der Waals surface area contributed by atoms with Crippen molar-refractivity contribution in [2.75, 3.05) is 0 Å². The van der Waals surface area contributed by atoms with Gasteiger partial charge in [0.2, 0.25) is 0 Å². The Hall–Kier alpha value is -2.78. The molecule has 0 aliphatic rings. The number of nitro groups is 2. The Kier molecular flexibility index (Phi) is 4.83. The lowest BCUT2D eigenvalue weighted by Gasteiger charge is -1.91. The molecule has 0 unspecified atom stereocenters. The molecule has 0 saturated heterocycles. The third-order valence-corrected chi connectivity index (χ3v) is 1.28. The first-order valence-corrected chi connectivity index (χ1v) is 3.57. The molecule has 10 heteroatoms. The molecule has 1 aromatic carbocycles. The van der Waals surface area contributed by atoms with Crippen LogP contribution in [0.2, 0.25) is 0 Å². The van der Waals surface area contributed by atoms with Gasteiger partial charge in [-0.3, -0.25) is 20.2 Å². The van der Waals surface area contributed by atoms with Crippen molar-refractivity contribution in [2.24, 2.45) is 0 Å². The molecule has 0 spiro atoms. The number of nitrogens with zero attached hydrogens (tertiary/aromatic N) is 3. The Morgan fingerprint density at radius 3 is 1.31 bits per heavy atom. The molecule has 0 aliphatic carbocycles. The van der Waals surface area contributed by atoms with Crippen molar-refractivity contribution in [3.05, 3.63) is 54.6 Å². The number of benzene rings is 1. The van der Waals surface area contributed by atoms with Crippen LogP contribution in [0.25, 0.3) is 0 Å². The number of hydrogen-bond acceptors (Lipinski definition) is 6. The van der Waals surface area contributed by atoms with Crippen molar-refractivity contribution >= 4 is 11.4 Å². The summed E-state index contributed by atoms with van der Waals surface area (Å²) in [6.07, 6.45) is 0. The van der Waals surface area contributed by atoms with Gasteiger partial charge < -0.3 is 5.21 Å². The van der Waals surface area contributed by atoms with E-state index >= 15 is 0 Å². The van der Waals surface area contributed by atoms with Gasteiger partial charge in [0.1, 0.15) is 0 Å². The number of nitro benzene ring substituents is 2. The van der Waals surface area contributed by atoms with E-state index in [1.165, 1.54) is 12.1 Å². The van der Waals surface area contributed by atoms with E-state index in [0.717, 1.165) is 12.1 Å². The maximum atomic E-state index is 10.2. The molecule has 0 saturated carbocycles. The Morgan fingerprint density at radius 2 is 1.12 bits per heavy atom. The summed E-state index contributed by atoms with van der Waals surface area (Å²) in [6.45, 7) is 0. The van der Waals surface area contributed by atoms with Crippen LogP contribution in [0.15, 0.2) is 24.3 Å². The Bertz CT molecular complexity index is 381. The molecule has 0 aliphatic heterocycles. The zero-order valence-electron chi connectivity index (χ0n) is 7.55. The minimum absolute atomic E-state index is 0.484. The van der Waals surface area contributed by atoms with Crippen LogP contribution in [0.4, 0.5) is 11.4 Å². The summed E-state index contributed by atoms with van der Waals surface area (Å²) in [5.41, 5.74) is -0.968. The molecule has 0 aromatic heterocycles. The first kappa shape index (κ1) is 13.2. The van der Waals surface area contributed by atoms with Gasteiger partial charge in [0.05, 0.1) is 9.85 Å². The van der Waals surface area contributed by atoms with Gasteiger partial charge in [-0.2, -0.15) is 0 Å². The topological polar surface area (TPSA) is 150 Å². The Balaban J connectivity index is 0.000000487. The zero-order valence-corrected chi connectivity index (χ0v) is 7.55. The summed E-state index contributed by atoms with van der Waals surface area (Å²) in [5.74, 6) is 0. The van der Waals surface area contributed by atoms with Crippen LogP contribution in [-0.2, 0) is 0 Å². The van der Waals surface area contributed by atoms with E-state index in [9.17, 15) is 20.2 Å².